The second kappa shape index (κ2) is 8.60. The molecule has 2 fully saturated rings. The number of quaternary nitrogens is 1. The Morgan fingerprint density at radius 1 is 1.18 bits per heavy atom. The molecule has 1 saturated heterocycles. The van der Waals surface area contributed by atoms with Gasteiger partial charge in [0.25, 0.3) is 5.91 Å². The Kier molecular flexibility index (Phi) is 6.38. The van der Waals surface area contributed by atoms with Crippen LogP contribution < -0.4 is 4.90 Å². The molecule has 0 unspecified atom stereocenters. The normalized spacial score (nSPS) is 21.0. The number of carbonyl (C=O) groups excluding carboxylic acids is 1. The first-order chi connectivity index (χ1) is 13.4. The summed E-state index contributed by atoms with van der Waals surface area (Å²) in [5.74, 6) is -0.0298. The van der Waals surface area contributed by atoms with Crippen LogP contribution >= 0.6 is 0 Å². The van der Waals surface area contributed by atoms with Gasteiger partial charge in [-0.2, -0.15) is 9.57 Å². The number of benzene rings is 1. The predicted molar refractivity (Wildman–Crippen MR) is 105 cm³/mol. The second-order valence-electron chi connectivity index (χ2n) is 7.80. The van der Waals surface area contributed by atoms with Gasteiger partial charge >= 0.3 is 0 Å². The zero-order valence-electron chi connectivity index (χ0n) is 16.4. The van der Waals surface area contributed by atoms with Crippen LogP contribution in [-0.4, -0.2) is 68.8 Å². The fraction of sp³-hybridized carbons (Fsp3) is 0.600. The van der Waals surface area contributed by atoms with E-state index in [0.29, 0.717) is 37.6 Å². The molecule has 1 N–H and O–H groups in total. The number of nitrogens with zero attached hydrogens (tertiary/aromatic N) is 3. The molecule has 1 saturated carbocycles. The SMILES string of the molecule is CN(C(=O)C[NH+]1CCN(S(=O)(=O)c2ccccc2)CC1)C1(C#N)CCCCC1. The van der Waals surface area contributed by atoms with Gasteiger partial charge in [-0.3, -0.25) is 4.79 Å². The molecular weight excluding hydrogens is 376 g/mol. The van der Waals surface area contributed by atoms with Crippen molar-refractivity contribution in [3.05, 3.63) is 30.3 Å². The van der Waals surface area contributed by atoms with Crippen LogP contribution in [0.1, 0.15) is 32.1 Å². The summed E-state index contributed by atoms with van der Waals surface area (Å²) in [7, 11) is -1.74. The first-order valence-corrected chi connectivity index (χ1v) is 11.4. The number of nitrogens with one attached hydrogen (secondary N) is 1. The van der Waals surface area contributed by atoms with E-state index in [-0.39, 0.29) is 5.91 Å². The first-order valence-electron chi connectivity index (χ1n) is 9.96. The third-order valence-corrected chi connectivity index (χ3v) is 8.03. The lowest BCUT2D eigenvalue weighted by Crippen LogP contribution is -3.15. The summed E-state index contributed by atoms with van der Waals surface area (Å²) in [5, 5.41) is 9.68. The third-order valence-electron chi connectivity index (χ3n) is 6.12. The van der Waals surface area contributed by atoms with Crippen molar-refractivity contribution >= 4 is 15.9 Å². The van der Waals surface area contributed by atoms with Crippen LogP contribution in [0.5, 0.6) is 0 Å². The Bertz CT molecular complexity index is 821. The van der Waals surface area contributed by atoms with Gasteiger partial charge in [-0.25, -0.2) is 8.42 Å². The van der Waals surface area contributed by atoms with Gasteiger partial charge in [-0.15, -0.1) is 0 Å². The molecule has 1 heterocycles. The Hall–Kier alpha value is -1.95. The van der Waals surface area contributed by atoms with Gasteiger partial charge in [0, 0.05) is 7.05 Å². The summed E-state index contributed by atoms with van der Waals surface area (Å²) in [6.07, 6.45) is 4.56. The van der Waals surface area contributed by atoms with Crippen molar-refractivity contribution in [2.75, 3.05) is 39.8 Å². The van der Waals surface area contributed by atoms with Gasteiger partial charge < -0.3 is 9.80 Å². The van der Waals surface area contributed by atoms with Crippen LogP contribution in [0.3, 0.4) is 0 Å². The lowest BCUT2D eigenvalue weighted by Gasteiger charge is -2.39. The molecule has 0 bridgehead atoms. The number of piperazine rings is 1. The topological polar surface area (TPSA) is 85.9 Å². The highest BCUT2D eigenvalue weighted by molar-refractivity contribution is 7.89. The smallest absolute Gasteiger partial charge is 0.278 e. The van der Waals surface area contributed by atoms with Crippen LogP contribution in [0, 0.1) is 11.3 Å². The molecule has 2 aliphatic rings. The lowest BCUT2D eigenvalue weighted by atomic mass is 9.81. The average molecular weight is 406 g/mol. The van der Waals surface area contributed by atoms with Crippen molar-refractivity contribution in [3.8, 4) is 6.07 Å². The molecule has 8 heteroatoms. The average Bonchev–Trinajstić information content (AvgIpc) is 2.74. The highest BCUT2D eigenvalue weighted by atomic mass is 32.2. The van der Waals surface area contributed by atoms with Gasteiger partial charge in [0.05, 0.1) is 37.1 Å². The molecule has 0 radical (unpaired) electrons. The van der Waals surface area contributed by atoms with Crippen LogP contribution in [0.4, 0.5) is 0 Å². The number of sulfonamides is 1. The van der Waals surface area contributed by atoms with Crippen molar-refractivity contribution in [1.82, 2.24) is 9.21 Å². The van der Waals surface area contributed by atoms with Gasteiger partial charge in [-0.05, 0) is 25.0 Å². The van der Waals surface area contributed by atoms with E-state index in [1.165, 1.54) is 4.31 Å². The van der Waals surface area contributed by atoms with Gasteiger partial charge in [-0.1, -0.05) is 37.5 Å². The minimum atomic E-state index is -3.48. The van der Waals surface area contributed by atoms with Crippen molar-refractivity contribution in [3.63, 3.8) is 0 Å². The van der Waals surface area contributed by atoms with E-state index in [9.17, 15) is 18.5 Å². The number of hydrogen-bond donors (Lipinski definition) is 1. The molecule has 1 aliphatic carbocycles. The third kappa shape index (κ3) is 4.22. The lowest BCUT2D eigenvalue weighted by molar-refractivity contribution is -0.896. The summed E-state index contributed by atoms with van der Waals surface area (Å²) < 4.78 is 26.9. The molecular formula is C20H29N4O3S+. The minimum absolute atomic E-state index is 0.0298. The number of likely N-dealkylation sites (N-methyl/N-ethyl adjacent to an activating group) is 1. The van der Waals surface area contributed by atoms with Crippen molar-refractivity contribution in [1.29, 1.82) is 5.26 Å². The van der Waals surface area contributed by atoms with Gasteiger partial charge in [0.15, 0.2) is 6.54 Å². The van der Waals surface area contributed by atoms with Gasteiger partial charge in [0.2, 0.25) is 10.0 Å². The maximum absolute atomic E-state index is 12.8. The predicted octanol–water partition coefficient (Wildman–Crippen LogP) is 0.261. The molecule has 1 aromatic rings. The largest absolute Gasteiger partial charge is 0.325 e. The van der Waals surface area contributed by atoms with E-state index in [4.69, 9.17) is 0 Å². The van der Waals surface area contributed by atoms with Crippen LogP contribution in [0.25, 0.3) is 0 Å². The molecule has 3 rings (SSSR count). The molecule has 0 spiro atoms. The Morgan fingerprint density at radius 2 is 1.79 bits per heavy atom. The molecule has 0 aromatic heterocycles. The van der Waals surface area contributed by atoms with Crippen molar-refractivity contribution < 1.29 is 18.1 Å². The number of rotatable bonds is 5. The number of carbonyl (C=O) groups is 1. The highest BCUT2D eigenvalue weighted by Crippen LogP contribution is 2.32. The zero-order chi connectivity index (χ0) is 20.2. The van der Waals surface area contributed by atoms with Crippen LogP contribution in [0.2, 0.25) is 0 Å². The van der Waals surface area contributed by atoms with E-state index in [2.05, 4.69) is 6.07 Å². The fourth-order valence-electron chi connectivity index (χ4n) is 4.19. The number of amides is 1. The molecule has 1 amide bonds. The molecule has 28 heavy (non-hydrogen) atoms. The summed E-state index contributed by atoms with van der Waals surface area (Å²) in [4.78, 5) is 15.8. The van der Waals surface area contributed by atoms with Crippen LogP contribution in [0.15, 0.2) is 35.2 Å². The van der Waals surface area contributed by atoms with E-state index in [1.54, 1.807) is 42.3 Å². The minimum Gasteiger partial charge on any atom is -0.325 e. The van der Waals surface area contributed by atoms with Gasteiger partial charge in [0.1, 0.15) is 5.54 Å². The van der Waals surface area contributed by atoms with Crippen molar-refractivity contribution in [2.45, 2.75) is 42.5 Å². The standard InChI is InChI=1S/C20H28N4O3S/c1-22(20(17-21)10-6-3-7-11-20)19(25)16-23-12-14-24(15-13-23)28(26,27)18-8-4-2-5-9-18/h2,4-5,8-9H,3,6-7,10-16H2,1H3/p+1. The van der Waals surface area contributed by atoms with E-state index < -0.39 is 15.6 Å². The molecule has 7 nitrogen and oxygen atoms in total. The summed E-state index contributed by atoms with van der Waals surface area (Å²) >= 11 is 0. The summed E-state index contributed by atoms with van der Waals surface area (Å²) in [6.45, 7) is 2.27. The van der Waals surface area contributed by atoms with Crippen LogP contribution in [-0.2, 0) is 14.8 Å². The number of nitriles is 1. The highest BCUT2D eigenvalue weighted by Gasteiger charge is 2.40. The summed E-state index contributed by atoms with van der Waals surface area (Å²) in [5.41, 5.74) is -0.673. The second-order valence-corrected chi connectivity index (χ2v) is 9.74. The number of hydrogen-bond acceptors (Lipinski definition) is 4. The quantitative estimate of drug-likeness (QED) is 0.762. The van der Waals surface area contributed by atoms with E-state index in [0.717, 1.165) is 37.0 Å². The summed E-state index contributed by atoms with van der Waals surface area (Å²) in [6, 6.07) is 10.8. The van der Waals surface area contributed by atoms with Crippen molar-refractivity contribution in [2.24, 2.45) is 0 Å². The Balaban J connectivity index is 1.57. The molecule has 0 atom stereocenters. The molecule has 1 aliphatic heterocycles. The van der Waals surface area contributed by atoms with E-state index >= 15 is 0 Å². The maximum atomic E-state index is 12.8. The maximum Gasteiger partial charge on any atom is 0.278 e. The van der Waals surface area contributed by atoms with E-state index in [1.807, 2.05) is 0 Å². The Labute approximate surface area is 167 Å². The Morgan fingerprint density at radius 3 is 2.36 bits per heavy atom. The zero-order valence-corrected chi connectivity index (χ0v) is 17.2. The molecule has 152 valence electrons. The molecule has 1 aromatic carbocycles. The monoisotopic (exact) mass is 405 g/mol. The fourth-order valence-corrected chi connectivity index (χ4v) is 5.65. The first kappa shape index (κ1) is 20.8.